The Labute approximate surface area is 85.3 Å². The Balaban J connectivity index is 3.06. The van der Waals surface area contributed by atoms with E-state index in [0.29, 0.717) is 0 Å². The zero-order chi connectivity index (χ0) is 10.7. The van der Waals surface area contributed by atoms with Crippen LogP contribution in [0.4, 0.5) is 4.39 Å². The van der Waals surface area contributed by atoms with Gasteiger partial charge >= 0.3 is 0 Å². The number of phenols is 1. The number of ketones is 1. The van der Waals surface area contributed by atoms with E-state index < -0.39 is 11.6 Å². The van der Waals surface area contributed by atoms with E-state index in [0.717, 1.165) is 6.07 Å². The fourth-order valence-corrected chi connectivity index (χ4v) is 1.21. The van der Waals surface area contributed by atoms with Crippen molar-refractivity contribution in [1.29, 1.82) is 0 Å². The van der Waals surface area contributed by atoms with Crippen molar-refractivity contribution in [3.63, 3.8) is 0 Å². The topological polar surface area (TPSA) is 63.3 Å². The second-order valence-electron chi connectivity index (χ2n) is 2.75. The number of halogens is 2. The first-order chi connectivity index (χ1) is 6.56. The zero-order valence-corrected chi connectivity index (χ0v) is 8.01. The van der Waals surface area contributed by atoms with E-state index in [1.165, 1.54) is 6.07 Å². The number of benzene rings is 1. The summed E-state index contributed by atoms with van der Waals surface area (Å²) in [6.45, 7) is 0.193. The van der Waals surface area contributed by atoms with E-state index in [9.17, 15) is 9.18 Å². The normalized spacial score (nSPS) is 10.2. The Hall–Kier alpha value is -1.13. The van der Waals surface area contributed by atoms with Crippen LogP contribution in [0.15, 0.2) is 12.1 Å². The van der Waals surface area contributed by atoms with Crippen molar-refractivity contribution in [3.8, 4) is 5.75 Å². The molecule has 76 valence electrons. The van der Waals surface area contributed by atoms with Crippen molar-refractivity contribution in [3.05, 3.63) is 28.5 Å². The minimum atomic E-state index is -0.905. The number of nitrogens with two attached hydrogens (primary N) is 1. The third-order valence-electron chi connectivity index (χ3n) is 1.71. The molecule has 1 aromatic carbocycles. The summed E-state index contributed by atoms with van der Waals surface area (Å²) in [4.78, 5) is 11.3. The standard InChI is InChI=1S/C9H9ClFNO2/c10-6-3-5(8(13)1-2-12)4-7(11)9(6)14/h3-4,14H,1-2,12H2. The molecule has 0 aliphatic carbocycles. The molecule has 0 bridgehead atoms. The summed E-state index contributed by atoms with van der Waals surface area (Å²) in [5.74, 6) is -1.85. The molecule has 0 saturated heterocycles. The number of rotatable bonds is 3. The van der Waals surface area contributed by atoms with Gasteiger partial charge in [0.25, 0.3) is 0 Å². The summed E-state index contributed by atoms with van der Waals surface area (Å²) in [6, 6.07) is 2.16. The van der Waals surface area contributed by atoms with Crippen LogP contribution in [-0.2, 0) is 0 Å². The van der Waals surface area contributed by atoms with Gasteiger partial charge in [0.15, 0.2) is 17.3 Å². The van der Waals surface area contributed by atoms with Crippen LogP contribution in [0, 0.1) is 5.82 Å². The number of aromatic hydroxyl groups is 1. The highest BCUT2D eigenvalue weighted by molar-refractivity contribution is 6.32. The van der Waals surface area contributed by atoms with Gasteiger partial charge < -0.3 is 10.8 Å². The lowest BCUT2D eigenvalue weighted by atomic mass is 10.1. The van der Waals surface area contributed by atoms with Crippen molar-refractivity contribution in [2.45, 2.75) is 6.42 Å². The van der Waals surface area contributed by atoms with Crippen LogP contribution in [0.1, 0.15) is 16.8 Å². The smallest absolute Gasteiger partial charge is 0.170 e. The van der Waals surface area contributed by atoms with Crippen LogP contribution < -0.4 is 5.73 Å². The molecular formula is C9H9ClFNO2. The second kappa shape index (κ2) is 4.39. The maximum Gasteiger partial charge on any atom is 0.170 e. The summed E-state index contributed by atoms with van der Waals surface area (Å²) in [6.07, 6.45) is 0.126. The van der Waals surface area contributed by atoms with Gasteiger partial charge in [-0.1, -0.05) is 11.6 Å². The highest BCUT2D eigenvalue weighted by Crippen LogP contribution is 2.27. The van der Waals surface area contributed by atoms with Crippen LogP contribution in [0.2, 0.25) is 5.02 Å². The third kappa shape index (κ3) is 2.21. The second-order valence-corrected chi connectivity index (χ2v) is 3.16. The van der Waals surface area contributed by atoms with E-state index in [1.54, 1.807) is 0 Å². The summed E-state index contributed by atoms with van der Waals surface area (Å²) in [5, 5.41) is 8.82. The predicted molar refractivity (Wildman–Crippen MR) is 51.1 cm³/mol. The fraction of sp³-hybridized carbons (Fsp3) is 0.222. The van der Waals surface area contributed by atoms with Gasteiger partial charge in [0.2, 0.25) is 0 Å². The van der Waals surface area contributed by atoms with Crippen LogP contribution in [0.25, 0.3) is 0 Å². The fourth-order valence-electron chi connectivity index (χ4n) is 1.00. The molecule has 0 fully saturated rings. The number of carbonyl (C=O) groups excluding carboxylic acids is 1. The lowest BCUT2D eigenvalue weighted by molar-refractivity contribution is 0.0985. The summed E-state index contributed by atoms with van der Waals surface area (Å²) >= 11 is 5.49. The molecule has 0 spiro atoms. The molecule has 0 atom stereocenters. The first-order valence-corrected chi connectivity index (χ1v) is 4.35. The molecule has 0 aliphatic rings. The number of hydrogen-bond acceptors (Lipinski definition) is 3. The van der Waals surface area contributed by atoms with E-state index in [2.05, 4.69) is 0 Å². The molecule has 1 aromatic rings. The molecule has 1 rings (SSSR count). The first kappa shape index (κ1) is 10.9. The van der Waals surface area contributed by atoms with E-state index in [4.69, 9.17) is 22.4 Å². The monoisotopic (exact) mass is 217 g/mol. The molecule has 3 nitrogen and oxygen atoms in total. The Morgan fingerprint density at radius 1 is 1.57 bits per heavy atom. The number of Topliss-reactive ketones (excluding diaryl/α,β-unsaturated/α-hetero) is 1. The van der Waals surface area contributed by atoms with Gasteiger partial charge in [-0.15, -0.1) is 0 Å². The van der Waals surface area contributed by atoms with E-state index >= 15 is 0 Å². The maximum absolute atomic E-state index is 12.9. The average molecular weight is 218 g/mol. The van der Waals surface area contributed by atoms with Crippen LogP contribution in [0.5, 0.6) is 5.75 Å². The van der Waals surface area contributed by atoms with Gasteiger partial charge in [0.05, 0.1) is 5.02 Å². The van der Waals surface area contributed by atoms with Gasteiger partial charge in [-0.2, -0.15) is 0 Å². The Morgan fingerprint density at radius 2 is 2.21 bits per heavy atom. The highest BCUT2D eigenvalue weighted by atomic mass is 35.5. The summed E-state index contributed by atoms with van der Waals surface area (Å²) in [5.41, 5.74) is 5.30. The lowest BCUT2D eigenvalue weighted by Crippen LogP contribution is -2.08. The molecule has 0 unspecified atom stereocenters. The predicted octanol–water partition coefficient (Wildman–Crippen LogP) is 1.72. The summed E-state index contributed by atoms with van der Waals surface area (Å²) < 4.78 is 12.9. The van der Waals surface area contributed by atoms with E-state index in [1.807, 2.05) is 0 Å². The molecule has 0 saturated carbocycles. The minimum Gasteiger partial charge on any atom is -0.504 e. The largest absolute Gasteiger partial charge is 0.504 e. The van der Waals surface area contributed by atoms with Crippen molar-refractivity contribution >= 4 is 17.4 Å². The van der Waals surface area contributed by atoms with Crippen molar-refractivity contribution in [2.24, 2.45) is 5.73 Å². The van der Waals surface area contributed by atoms with Gasteiger partial charge in [-0.25, -0.2) is 4.39 Å². The SMILES string of the molecule is NCCC(=O)c1cc(F)c(O)c(Cl)c1. The van der Waals surface area contributed by atoms with E-state index in [-0.39, 0.29) is 29.3 Å². The molecule has 0 amide bonds. The third-order valence-corrected chi connectivity index (χ3v) is 2.00. The molecule has 14 heavy (non-hydrogen) atoms. The average Bonchev–Trinajstić information content (AvgIpc) is 2.13. The van der Waals surface area contributed by atoms with Crippen molar-refractivity contribution < 1.29 is 14.3 Å². The highest BCUT2D eigenvalue weighted by Gasteiger charge is 2.12. The Morgan fingerprint density at radius 3 is 2.71 bits per heavy atom. The molecule has 0 radical (unpaired) electrons. The quantitative estimate of drug-likeness (QED) is 0.758. The zero-order valence-electron chi connectivity index (χ0n) is 7.26. The van der Waals surface area contributed by atoms with Crippen LogP contribution in [0.3, 0.4) is 0 Å². The Kier molecular flexibility index (Phi) is 3.43. The molecule has 5 heteroatoms. The Bertz CT molecular complexity index is 345. The number of phenolic OH excluding ortho intramolecular Hbond substituents is 1. The minimum absolute atomic E-state index is 0.121. The number of hydrogen-bond donors (Lipinski definition) is 2. The molecule has 0 aliphatic heterocycles. The van der Waals surface area contributed by atoms with Gasteiger partial charge in [-0.3, -0.25) is 4.79 Å². The molecule has 0 aromatic heterocycles. The first-order valence-electron chi connectivity index (χ1n) is 3.97. The maximum atomic E-state index is 12.9. The molecule has 0 heterocycles. The van der Waals surface area contributed by atoms with Gasteiger partial charge in [-0.05, 0) is 18.7 Å². The summed E-state index contributed by atoms with van der Waals surface area (Å²) in [7, 11) is 0. The van der Waals surface area contributed by atoms with Crippen LogP contribution in [-0.4, -0.2) is 17.4 Å². The lowest BCUT2D eigenvalue weighted by Gasteiger charge is -2.02. The molecular weight excluding hydrogens is 209 g/mol. The van der Waals surface area contributed by atoms with Crippen LogP contribution >= 0.6 is 11.6 Å². The van der Waals surface area contributed by atoms with Gasteiger partial charge in [0.1, 0.15) is 0 Å². The molecule has 3 N–H and O–H groups in total. The van der Waals surface area contributed by atoms with Crippen molar-refractivity contribution in [2.75, 3.05) is 6.54 Å². The van der Waals surface area contributed by atoms with Gasteiger partial charge in [0, 0.05) is 12.0 Å². The number of carbonyl (C=O) groups is 1. The van der Waals surface area contributed by atoms with Crippen molar-refractivity contribution in [1.82, 2.24) is 0 Å².